The molecule has 1 aromatic carbocycles. The molecule has 0 bridgehead atoms. The zero-order chi connectivity index (χ0) is 12.8. The lowest BCUT2D eigenvalue weighted by Crippen LogP contribution is -2.39. The minimum absolute atomic E-state index is 0.179. The second-order valence-corrected chi connectivity index (χ2v) is 4.88. The lowest BCUT2D eigenvalue weighted by molar-refractivity contribution is 0.267. The molecule has 0 fully saturated rings. The molecule has 0 heterocycles. The van der Waals surface area contributed by atoms with Crippen molar-refractivity contribution < 1.29 is 4.39 Å². The lowest BCUT2D eigenvalue weighted by atomic mass is 9.99. The van der Waals surface area contributed by atoms with Gasteiger partial charge in [0, 0.05) is 19.1 Å². The highest BCUT2D eigenvalue weighted by atomic mass is 19.1. The quantitative estimate of drug-likeness (QED) is 0.825. The number of hydrogen-bond acceptors (Lipinski definition) is 2. The molecule has 2 atom stereocenters. The number of halogens is 1. The molecule has 1 rings (SSSR count). The molecule has 0 radical (unpaired) electrons. The molecule has 0 amide bonds. The number of nitrogens with two attached hydrogens (primary N) is 1. The molecule has 0 aliphatic heterocycles. The van der Waals surface area contributed by atoms with Crippen LogP contribution in [0.25, 0.3) is 0 Å². The van der Waals surface area contributed by atoms with Crippen LogP contribution in [-0.4, -0.2) is 24.5 Å². The number of benzene rings is 1. The standard InChI is InChI=1S/C14H23FN2/c1-4-11(2)14(16)10-17(3)9-12-6-5-7-13(15)8-12/h5-8,11,14H,4,9-10,16H2,1-3H3. The maximum atomic E-state index is 13.0. The Morgan fingerprint density at radius 3 is 2.71 bits per heavy atom. The smallest absolute Gasteiger partial charge is 0.123 e. The zero-order valence-electron chi connectivity index (χ0n) is 11.0. The Balaban J connectivity index is 2.47. The van der Waals surface area contributed by atoms with Crippen LogP contribution in [0.1, 0.15) is 25.8 Å². The Labute approximate surface area is 104 Å². The summed E-state index contributed by atoms with van der Waals surface area (Å²) in [6, 6.07) is 6.90. The predicted octanol–water partition coefficient (Wildman–Crippen LogP) is 2.63. The molecule has 0 spiro atoms. The van der Waals surface area contributed by atoms with Gasteiger partial charge in [-0.1, -0.05) is 32.4 Å². The van der Waals surface area contributed by atoms with Crippen molar-refractivity contribution in [1.82, 2.24) is 4.90 Å². The summed E-state index contributed by atoms with van der Waals surface area (Å²) in [6.45, 7) is 5.89. The van der Waals surface area contributed by atoms with Gasteiger partial charge < -0.3 is 10.6 Å². The van der Waals surface area contributed by atoms with E-state index in [-0.39, 0.29) is 11.9 Å². The summed E-state index contributed by atoms with van der Waals surface area (Å²) in [7, 11) is 2.02. The highest BCUT2D eigenvalue weighted by Crippen LogP contribution is 2.09. The van der Waals surface area contributed by atoms with Crippen LogP contribution in [0.15, 0.2) is 24.3 Å². The fraction of sp³-hybridized carbons (Fsp3) is 0.571. The van der Waals surface area contributed by atoms with E-state index in [2.05, 4.69) is 18.7 Å². The van der Waals surface area contributed by atoms with Crippen molar-refractivity contribution in [2.24, 2.45) is 11.7 Å². The van der Waals surface area contributed by atoms with Gasteiger partial charge in [-0.3, -0.25) is 0 Å². The van der Waals surface area contributed by atoms with E-state index in [1.54, 1.807) is 12.1 Å². The van der Waals surface area contributed by atoms with Crippen molar-refractivity contribution in [3.05, 3.63) is 35.6 Å². The van der Waals surface area contributed by atoms with Gasteiger partial charge in [0.2, 0.25) is 0 Å². The first kappa shape index (κ1) is 14.1. The molecular formula is C14H23FN2. The molecule has 0 aromatic heterocycles. The molecule has 0 saturated heterocycles. The summed E-state index contributed by atoms with van der Waals surface area (Å²) in [5.41, 5.74) is 7.09. The van der Waals surface area contributed by atoms with Crippen molar-refractivity contribution in [2.45, 2.75) is 32.9 Å². The first-order valence-corrected chi connectivity index (χ1v) is 6.21. The number of likely N-dealkylation sites (N-methyl/N-ethyl adjacent to an activating group) is 1. The van der Waals surface area contributed by atoms with Gasteiger partial charge in [0.1, 0.15) is 5.82 Å². The first-order chi connectivity index (χ1) is 8.02. The van der Waals surface area contributed by atoms with Crippen LogP contribution in [0.5, 0.6) is 0 Å². The second kappa shape index (κ2) is 6.72. The Hall–Kier alpha value is -0.930. The number of hydrogen-bond donors (Lipinski definition) is 1. The van der Waals surface area contributed by atoms with E-state index in [1.165, 1.54) is 6.07 Å². The molecular weight excluding hydrogens is 215 g/mol. The molecule has 2 N–H and O–H groups in total. The SMILES string of the molecule is CCC(C)C(N)CN(C)Cc1cccc(F)c1. The van der Waals surface area contributed by atoms with Crippen LogP contribution >= 0.6 is 0 Å². The van der Waals surface area contributed by atoms with Gasteiger partial charge in [-0.15, -0.1) is 0 Å². The third-order valence-corrected chi connectivity index (χ3v) is 3.24. The van der Waals surface area contributed by atoms with Gasteiger partial charge in [0.15, 0.2) is 0 Å². The summed E-state index contributed by atoms with van der Waals surface area (Å²) in [6.07, 6.45) is 1.09. The fourth-order valence-corrected chi connectivity index (χ4v) is 1.85. The van der Waals surface area contributed by atoms with E-state index in [0.717, 1.165) is 25.1 Å². The Morgan fingerprint density at radius 2 is 2.12 bits per heavy atom. The van der Waals surface area contributed by atoms with Gasteiger partial charge in [-0.05, 0) is 30.7 Å². The van der Waals surface area contributed by atoms with Crippen molar-refractivity contribution >= 4 is 0 Å². The third kappa shape index (κ3) is 4.84. The van der Waals surface area contributed by atoms with Crippen molar-refractivity contribution in [2.75, 3.05) is 13.6 Å². The largest absolute Gasteiger partial charge is 0.326 e. The monoisotopic (exact) mass is 238 g/mol. The van der Waals surface area contributed by atoms with Gasteiger partial charge in [-0.25, -0.2) is 4.39 Å². The van der Waals surface area contributed by atoms with Crippen molar-refractivity contribution in [1.29, 1.82) is 0 Å². The van der Waals surface area contributed by atoms with E-state index in [4.69, 9.17) is 5.73 Å². The van der Waals surface area contributed by atoms with Crippen LogP contribution in [0.2, 0.25) is 0 Å². The molecule has 0 aliphatic carbocycles. The molecule has 17 heavy (non-hydrogen) atoms. The van der Waals surface area contributed by atoms with E-state index >= 15 is 0 Å². The third-order valence-electron chi connectivity index (χ3n) is 3.24. The maximum absolute atomic E-state index is 13.0. The van der Waals surface area contributed by atoms with E-state index < -0.39 is 0 Å². The zero-order valence-corrected chi connectivity index (χ0v) is 11.0. The first-order valence-electron chi connectivity index (χ1n) is 6.21. The molecule has 3 heteroatoms. The summed E-state index contributed by atoms with van der Waals surface area (Å²) < 4.78 is 13.0. The second-order valence-electron chi connectivity index (χ2n) is 4.88. The molecule has 2 unspecified atom stereocenters. The lowest BCUT2D eigenvalue weighted by Gasteiger charge is -2.25. The Bertz CT molecular complexity index is 341. The predicted molar refractivity (Wildman–Crippen MR) is 70.2 cm³/mol. The van der Waals surface area contributed by atoms with Crippen LogP contribution in [0, 0.1) is 11.7 Å². The highest BCUT2D eigenvalue weighted by Gasteiger charge is 2.13. The van der Waals surface area contributed by atoms with Crippen LogP contribution in [-0.2, 0) is 6.54 Å². The van der Waals surface area contributed by atoms with Crippen LogP contribution in [0.4, 0.5) is 4.39 Å². The highest BCUT2D eigenvalue weighted by molar-refractivity contribution is 5.16. The van der Waals surface area contributed by atoms with Crippen molar-refractivity contribution in [3.63, 3.8) is 0 Å². The molecule has 0 saturated carbocycles. The molecule has 2 nitrogen and oxygen atoms in total. The summed E-state index contributed by atoms with van der Waals surface area (Å²) >= 11 is 0. The Morgan fingerprint density at radius 1 is 1.41 bits per heavy atom. The summed E-state index contributed by atoms with van der Waals surface area (Å²) in [5.74, 6) is 0.340. The summed E-state index contributed by atoms with van der Waals surface area (Å²) in [4.78, 5) is 2.14. The Kier molecular flexibility index (Phi) is 5.59. The van der Waals surface area contributed by atoms with Gasteiger partial charge >= 0.3 is 0 Å². The van der Waals surface area contributed by atoms with Gasteiger partial charge in [0.25, 0.3) is 0 Å². The molecule has 0 aliphatic rings. The van der Waals surface area contributed by atoms with Crippen LogP contribution in [0.3, 0.4) is 0 Å². The normalized spacial score (nSPS) is 14.9. The van der Waals surface area contributed by atoms with Crippen molar-refractivity contribution in [3.8, 4) is 0 Å². The van der Waals surface area contributed by atoms with E-state index in [0.29, 0.717) is 5.92 Å². The maximum Gasteiger partial charge on any atom is 0.123 e. The molecule has 1 aromatic rings. The van der Waals surface area contributed by atoms with Crippen LogP contribution < -0.4 is 5.73 Å². The minimum Gasteiger partial charge on any atom is -0.326 e. The van der Waals surface area contributed by atoms with E-state index in [1.807, 2.05) is 13.1 Å². The van der Waals surface area contributed by atoms with Gasteiger partial charge in [-0.2, -0.15) is 0 Å². The average molecular weight is 238 g/mol. The summed E-state index contributed by atoms with van der Waals surface area (Å²) in [5, 5.41) is 0. The van der Waals surface area contributed by atoms with E-state index in [9.17, 15) is 4.39 Å². The number of rotatable bonds is 6. The number of nitrogens with zero attached hydrogens (tertiary/aromatic N) is 1. The topological polar surface area (TPSA) is 29.3 Å². The fourth-order valence-electron chi connectivity index (χ4n) is 1.85. The van der Waals surface area contributed by atoms with Gasteiger partial charge in [0.05, 0.1) is 0 Å². The minimum atomic E-state index is -0.179. The average Bonchev–Trinajstić information content (AvgIpc) is 2.27. The molecule has 96 valence electrons.